The fraction of sp³-hybridized carbons (Fsp3) is 0.263. The third-order valence-corrected chi connectivity index (χ3v) is 4.21. The van der Waals surface area contributed by atoms with E-state index in [4.69, 9.17) is 0 Å². The van der Waals surface area contributed by atoms with Gasteiger partial charge in [0.05, 0.1) is 5.69 Å². The summed E-state index contributed by atoms with van der Waals surface area (Å²) >= 11 is 0. The number of anilines is 2. The predicted octanol–water partition coefficient (Wildman–Crippen LogP) is 4.11. The second kappa shape index (κ2) is 6.24. The second-order valence-electron chi connectivity index (χ2n) is 5.72. The van der Waals surface area contributed by atoms with Crippen LogP contribution in [-0.2, 0) is 4.79 Å². The Hall–Kier alpha value is -2.62. The van der Waals surface area contributed by atoms with Crippen molar-refractivity contribution in [2.75, 3.05) is 16.8 Å². The molecule has 0 spiro atoms. The maximum atomic E-state index is 12.7. The molecule has 1 N–H and O–H groups in total. The van der Waals surface area contributed by atoms with Gasteiger partial charge in [0.1, 0.15) is 0 Å². The van der Waals surface area contributed by atoms with Crippen molar-refractivity contribution in [3.05, 3.63) is 48.6 Å². The molecule has 2 amide bonds. The fourth-order valence-electron chi connectivity index (χ4n) is 3.08. The van der Waals surface area contributed by atoms with Gasteiger partial charge < -0.3 is 10.2 Å². The SMILES string of the molecule is C=CC(=O)Nc1ccc2c3c(cccc13)C(=O)N2CCCCC. The molecule has 2 aromatic carbocycles. The van der Waals surface area contributed by atoms with Crippen LogP contribution in [0.2, 0.25) is 0 Å². The molecule has 23 heavy (non-hydrogen) atoms. The minimum Gasteiger partial charge on any atom is -0.322 e. The lowest BCUT2D eigenvalue weighted by Gasteiger charge is -2.18. The molecule has 3 rings (SSSR count). The average Bonchev–Trinajstić information content (AvgIpc) is 2.84. The minimum absolute atomic E-state index is 0.0499. The molecule has 1 aliphatic heterocycles. The summed E-state index contributed by atoms with van der Waals surface area (Å²) in [6, 6.07) is 9.42. The van der Waals surface area contributed by atoms with Crippen molar-refractivity contribution in [2.45, 2.75) is 26.2 Å². The van der Waals surface area contributed by atoms with Gasteiger partial charge in [0.2, 0.25) is 5.91 Å². The topological polar surface area (TPSA) is 49.4 Å². The summed E-state index contributed by atoms with van der Waals surface area (Å²) in [5, 5.41) is 4.63. The Morgan fingerprint density at radius 2 is 2.09 bits per heavy atom. The third-order valence-electron chi connectivity index (χ3n) is 4.21. The Balaban J connectivity index is 2.05. The number of unbranched alkanes of at least 4 members (excludes halogenated alkanes) is 2. The van der Waals surface area contributed by atoms with E-state index >= 15 is 0 Å². The van der Waals surface area contributed by atoms with Crippen molar-refractivity contribution < 1.29 is 9.59 Å². The number of nitrogens with one attached hydrogen (secondary N) is 1. The molecule has 4 heteroatoms. The lowest BCUT2D eigenvalue weighted by atomic mass is 10.0. The minimum atomic E-state index is -0.255. The largest absolute Gasteiger partial charge is 0.322 e. The van der Waals surface area contributed by atoms with Gasteiger partial charge in [-0.1, -0.05) is 38.5 Å². The summed E-state index contributed by atoms with van der Waals surface area (Å²) < 4.78 is 0. The standard InChI is InChI=1S/C19H20N2O2/c1-3-5-6-12-21-16-11-10-15(20-17(22)4-2)13-8-7-9-14(18(13)16)19(21)23/h4,7-11H,2-3,5-6,12H2,1H3,(H,20,22). The number of nitrogens with zero attached hydrogens (tertiary/aromatic N) is 1. The summed E-state index contributed by atoms with van der Waals surface area (Å²) in [6.07, 6.45) is 4.46. The number of hydrogen-bond donors (Lipinski definition) is 1. The normalized spacial score (nSPS) is 12.7. The summed E-state index contributed by atoms with van der Waals surface area (Å²) in [7, 11) is 0. The van der Waals surface area contributed by atoms with E-state index in [2.05, 4.69) is 18.8 Å². The maximum Gasteiger partial charge on any atom is 0.258 e. The quantitative estimate of drug-likeness (QED) is 0.645. The molecule has 0 bridgehead atoms. The molecule has 0 atom stereocenters. The van der Waals surface area contributed by atoms with Crippen molar-refractivity contribution in [1.82, 2.24) is 0 Å². The van der Waals surface area contributed by atoms with E-state index in [9.17, 15) is 9.59 Å². The Labute approximate surface area is 135 Å². The van der Waals surface area contributed by atoms with E-state index in [-0.39, 0.29) is 11.8 Å². The predicted molar refractivity (Wildman–Crippen MR) is 94.0 cm³/mol. The van der Waals surface area contributed by atoms with Crippen molar-refractivity contribution in [2.24, 2.45) is 0 Å². The van der Waals surface area contributed by atoms with E-state index < -0.39 is 0 Å². The zero-order valence-corrected chi connectivity index (χ0v) is 13.3. The molecule has 0 aromatic heterocycles. The second-order valence-corrected chi connectivity index (χ2v) is 5.72. The number of benzene rings is 2. The zero-order chi connectivity index (χ0) is 16.4. The fourth-order valence-corrected chi connectivity index (χ4v) is 3.08. The van der Waals surface area contributed by atoms with Gasteiger partial charge in [-0.15, -0.1) is 0 Å². The monoisotopic (exact) mass is 308 g/mol. The number of hydrogen-bond acceptors (Lipinski definition) is 2. The van der Waals surface area contributed by atoms with Gasteiger partial charge in [0.25, 0.3) is 5.91 Å². The molecule has 1 aliphatic rings. The van der Waals surface area contributed by atoms with Crippen LogP contribution in [0.4, 0.5) is 11.4 Å². The Morgan fingerprint density at radius 3 is 2.83 bits per heavy atom. The molecule has 1 heterocycles. The van der Waals surface area contributed by atoms with Crippen LogP contribution >= 0.6 is 0 Å². The van der Waals surface area contributed by atoms with E-state index in [1.54, 1.807) is 0 Å². The lowest BCUT2D eigenvalue weighted by Crippen LogP contribution is -2.27. The highest BCUT2D eigenvalue weighted by Crippen LogP contribution is 2.40. The first-order valence-corrected chi connectivity index (χ1v) is 7.98. The lowest BCUT2D eigenvalue weighted by molar-refractivity contribution is -0.111. The first-order valence-electron chi connectivity index (χ1n) is 7.98. The number of amides is 2. The average molecular weight is 308 g/mol. The third kappa shape index (κ3) is 2.61. The van der Waals surface area contributed by atoms with Gasteiger partial charge in [-0.05, 0) is 30.7 Å². The molecular formula is C19H20N2O2. The summed E-state index contributed by atoms with van der Waals surface area (Å²) in [5.74, 6) is -0.205. The first kappa shape index (κ1) is 15.3. The zero-order valence-electron chi connectivity index (χ0n) is 13.3. The Kier molecular flexibility index (Phi) is 4.15. The summed E-state index contributed by atoms with van der Waals surface area (Å²) in [5.41, 5.74) is 2.36. The van der Waals surface area contributed by atoms with Crippen LogP contribution in [0.5, 0.6) is 0 Å². The molecule has 2 aromatic rings. The van der Waals surface area contributed by atoms with Gasteiger partial charge in [-0.2, -0.15) is 0 Å². The molecule has 0 unspecified atom stereocenters. The first-order chi connectivity index (χ1) is 11.2. The van der Waals surface area contributed by atoms with Crippen LogP contribution in [0.15, 0.2) is 43.0 Å². The molecule has 0 aliphatic carbocycles. The van der Waals surface area contributed by atoms with Crippen molar-refractivity contribution in [3.8, 4) is 0 Å². The van der Waals surface area contributed by atoms with Crippen LogP contribution in [0.1, 0.15) is 36.5 Å². The van der Waals surface area contributed by atoms with E-state index in [0.717, 1.165) is 42.3 Å². The molecule has 0 fully saturated rings. The highest BCUT2D eigenvalue weighted by Gasteiger charge is 2.29. The highest BCUT2D eigenvalue weighted by atomic mass is 16.2. The smallest absolute Gasteiger partial charge is 0.258 e. The van der Waals surface area contributed by atoms with Crippen molar-refractivity contribution in [3.63, 3.8) is 0 Å². The summed E-state index contributed by atoms with van der Waals surface area (Å²) in [4.78, 5) is 26.1. The highest BCUT2D eigenvalue weighted by molar-refractivity contribution is 6.27. The van der Waals surface area contributed by atoms with Gasteiger partial charge in [-0.25, -0.2) is 0 Å². The van der Waals surface area contributed by atoms with Gasteiger partial charge in [0.15, 0.2) is 0 Å². The number of carbonyl (C=O) groups excluding carboxylic acids is 2. The Bertz CT molecular complexity index is 795. The van der Waals surface area contributed by atoms with Gasteiger partial charge in [0, 0.05) is 28.6 Å². The van der Waals surface area contributed by atoms with Crippen LogP contribution in [-0.4, -0.2) is 18.4 Å². The van der Waals surface area contributed by atoms with Crippen LogP contribution in [0, 0.1) is 0 Å². The maximum absolute atomic E-state index is 12.7. The van der Waals surface area contributed by atoms with Crippen molar-refractivity contribution in [1.29, 1.82) is 0 Å². The van der Waals surface area contributed by atoms with Crippen LogP contribution in [0.25, 0.3) is 10.8 Å². The van der Waals surface area contributed by atoms with E-state index in [0.29, 0.717) is 11.3 Å². The molecule has 118 valence electrons. The molecule has 4 nitrogen and oxygen atoms in total. The van der Waals surface area contributed by atoms with Crippen molar-refractivity contribution >= 4 is 34.0 Å². The number of carbonyl (C=O) groups is 2. The molecule has 0 saturated heterocycles. The van der Waals surface area contributed by atoms with Crippen LogP contribution < -0.4 is 10.2 Å². The van der Waals surface area contributed by atoms with Crippen LogP contribution in [0.3, 0.4) is 0 Å². The Morgan fingerprint density at radius 1 is 1.26 bits per heavy atom. The number of rotatable bonds is 6. The van der Waals surface area contributed by atoms with Gasteiger partial charge >= 0.3 is 0 Å². The molecule has 0 radical (unpaired) electrons. The van der Waals surface area contributed by atoms with Gasteiger partial charge in [-0.3, -0.25) is 9.59 Å². The summed E-state index contributed by atoms with van der Waals surface area (Å²) in [6.45, 7) is 6.36. The molecule has 0 saturated carbocycles. The van der Waals surface area contributed by atoms with E-state index in [1.165, 1.54) is 6.08 Å². The van der Waals surface area contributed by atoms with E-state index in [1.807, 2.05) is 35.2 Å². The molecular weight excluding hydrogens is 288 g/mol.